The molecule has 0 unspecified atom stereocenters. The normalized spacial score (nSPS) is 11.4. The van der Waals surface area contributed by atoms with Gasteiger partial charge in [0.1, 0.15) is 11.8 Å². The van der Waals surface area contributed by atoms with E-state index in [0.717, 1.165) is 24.4 Å². The molecule has 1 aromatic rings. The second kappa shape index (κ2) is 7.13. The van der Waals surface area contributed by atoms with E-state index in [1.807, 2.05) is 30.3 Å². The van der Waals surface area contributed by atoms with Crippen LogP contribution >= 0.6 is 0 Å². The van der Waals surface area contributed by atoms with Gasteiger partial charge in [0.2, 0.25) is 0 Å². The Kier molecular flexibility index (Phi) is 5.81. The van der Waals surface area contributed by atoms with Crippen molar-refractivity contribution >= 4 is 0 Å². The molecule has 0 spiro atoms. The molecule has 1 N–H and O–H groups in total. The summed E-state index contributed by atoms with van der Waals surface area (Å²) in [6.07, 6.45) is 0. The van der Waals surface area contributed by atoms with Crippen LogP contribution in [0.25, 0.3) is 0 Å². The molecular weight excluding hydrogens is 238 g/mol. The van der Waals surface area contributed by atoms with E-state index in [1.54, 1.807) is 0 Å². The van der Waals surface area contributed by atoms with Crippen molar-refractivity contribution in [1.29, 1.82) is 5.26 Å². The summed E-state index contributed by atoms with van der Waals surface area (Å²) in [6.45, 7) is 6.09. The predicted molar refractivity (Wildman–Crippen MR) is 77.0 cm³/mol. The van der Waals surface area contributed by atoms with Gasteiger partial charge in [0.15, 0.2) is 6.61 Å². The molecule has 0 saturated heterocycles. The van der Waals surface area contributed by atoms with Crippen LogP contribution in [-0.2, 0) is 6.54 Å². The number of benzene rings is 1. The summed E-state index contributed by atoms with van der Waals surface area (Å²) in [6, 6.07) is 9.80. The third-order valence-corrected chi connectivity index (χ3v) is 3.35. The Morgan fingerprint density at radius 1 is 1.32 bits per heavy atom. The van der Waals surface area contributed by atoms with E-state index >= 15 is 0 Å². The molecule has 0 fully saturated rings. The molecular formula is C15H23N3O. The summed E-state index contributed by atoms with van der Waals surface area (Å²) in [7, 11) is 4.15. The minimum Gasteiger partial charge on any atom is -0.478 e. The van der Waals surface area contributed by atoms with Crippen molar-refractivity contribution in [3.05, 3.63) is 29.8 Å². The second-order valence-corrected chi connectivity index (χ2v) is 5.36. The van der Waals surface area contributed by atoms with E-state index in [2.05, 4.69) is 38.2 Å². The Morgan fingerprint density at radius 2 is 2.00 bits per heavy atom. The van der Waals surface area contributed by atoms with E-state index in [0.29, 0.717) is 0 Å². The summed E-state index contributed by atoms with van der Waals surface area (Å²) < 4.78 is 5.40. The third kappa shape index (κ3) is 4.90. The fourth-order valence-electron chi connectivity index (χ4n) is 1.56. The van der Waals surface area contributed by atoms with Gasteiger partial charge in [0.05, 0.1) is 0 Å². The van der Waals surface area contributed by atoms with E-state index in [-0.39, 0.29) is 12.1 Å². The smallest absolute Gasteiger partial charge is 0.174 e. The van der Waals surface area contributed by atoms with Gasteiger partial charge in [0, 0.05) is 24.2 Å². The molecule has 0 aliphatic carbocycles. The summed E-state index contributed by atoms with van der Waals surface area (Å²) in [5.74, 6) is 0.777. The molecule has 1 rings (SSSR count). The highest BCUT2D eigenvalue weighted by atomic mass is 16.5. The molecule has 4 heteroatoms. The molecule has 0 radical (unpaired) electrons. The fraction of sp³-hybridized carbons (Fsp3) is 0.533. The number of rotatable bonds is 7. The lowest BCUT2D eigenvalue weighted by Gasteiger charge is -2.32. The Morgan fingerprint density at radius 3 is 2.63 bits per heavy atom. The number of para-hydroxylation sites is 1. The quantitative estimate of drug-likeness (QED) is 0.816. The average Bonchev–Trinajstić information content (AvgIpc) is 2.37. The first kappa shape index (κ1) is 15.5. The molecule has 0 aliphatic heterocycles. The maximum Gasteiger partial charge on any atom is 0.174 e. The van der Waals surface area contributed by atoms with Crippen molar-refractivity contribution in [2.24, 2.45) is 0 Å². The molecule has 19 heavy (non-hydrogen) atoms. The van der Waals surface area contributed by atoms with Gasteiger partial charge in [-0.1, -0.05) is 18.2 Å². The highest BCUT2D eigenvalue weighted by molar-refractivity contribution is 5.33. The Hall–Kier alpha value is -1.57. The van der Waals surface area contributed by atoms with Crippen molar-refractivity contribution in [2.45, 2.75) is 25.9 Å². The van der Waals surface area contributed by atoms with Gasteiger partial charge in [-0.05, 0) is 34.0 Å². The Bertz CT molecular complexity index is 435. The van der Waals surface area contributed by atoms with Gasteiger partial charge in [-0.2, -0.15) is 5.26 Å². The number of nitriles is 1. The van der Waals surface area contributed by atoms with E-state index in [9.17, 15) is 0 Å². The summed E-state index contributed by atoms with van der Waals surface area (Å²) in [4.78, 5) is 2.19. The molecule has 4 nitrogen and oxygen atoms in total. The highest BCUT2D eigenvalue weighted by Crippen LogP contribution is 2.18. The zero-order valence-electron chi connectivity index (χ0n) is 12.2. The van der Waals surface area contributed by atoms with Crippen LogP contribution in [0, 0.1) is 11.3 Å². The minimum absolute atomic E-state index is 0.0835. The van der Waals surface area contributed by atoms with Gasteiger partial charge in [-0.3, -0.25) is 0 Å². The second-order valence-electron chi connectivity index (χ2n) is 5.36. The fourth-order valence-corrected chi connectivity index (χ4v) is 1.56. The van der Waals surface area contributed by atoms with Crippen LogP contribution in [0.4, 0.5) is 0 Å². The monoisotopic (exact) mass is 261 g/mol. The maximum atomic E-state index is 8.57. The number of ether oxygens (including phenoxy) is 1. The Labute approximate surface area is 116 Å². The molecule has 0 aromatic heterocycles. The zero-order valence-corrected chi connectivity index (χ0v) is 12.2. The van der Waals surface area contributed by atoms with Crippen molar-refractivity contribution in [2.75, 3.05) is 27.2 Å². The minimum atomic E-state index is 0.0835. The number of hydrogen-bond donors (Lipinski definition) is 1. The first-order valence-corrected chi connectivity index (χ1v) is 6.43. The van der Waals surface area contributed by atoms with Gasteiger partial charge in [-0.25, -0.2) is 0 Å². The lowest BCUT2D eigenvalue weighted by atomic mass is 10.0. The molecule has 0 heterocycles. The van der Waals surface area contributed by atoms with Crippen LogP contribution in [-0.4, -0.2) is 37.7 Å². The van der Waals surface area contributed by atoms with Gasteiger partial charge >= 0.3 is 0 Å². The SMILES string of the molecule is CN(C)C(C)(C)CNCc1ccccc1OCC#N. The van der Waals surface area contributed by atoms with Crippen molar-refractivity contribution in [3.63, 3.8) is 0 Å². The average molecular weight is 261 g/mol. The molecule has 0 aliphatic rings. The lowest BCUT2D eigenvalue weighted by molar-refractivity contribution is 0.189. The molecule has 0 saturated carbocycles. The molecule has 0 atom stereocenters. The van der Waals surface area contributed by atoms with Gasteiger partial charge in [-0.15, -0.1) is 0 Å². The molecule has 0 bridgehead atoms. The van der Waals surface area contributed by atoms with E-state index < -0.39 is 0 Å². The van der Waals surface area contributed by atoms with E-state index in [4.69, 9.17) is 10.00 Å². The van der Waals surface area contributed by atoms with Crippen molar-refractivity contribution in [1.82, 2.24) is 10.2 Å². The summed E-state index contributed by atoms with van der Waals surface area (Å²) in [5.41, 5.74) is 1.18. The topological polar surface area (TPSA) is 48.3 Å². The van der Waals surface area contributed by atoms with Crippen molar-refractivity contribution in [3.8, 4) is 11.8 Å². The lowest BCUT2D eigenvalue weighted by Crippen LogP contribution is -2.46. The van der Waals surface area contributed by atoms with Gasteiger partial charge < -0.3 is 15.0 Å². The van der Waals surface area contributed by atoms with Crippen LogP contribution in [0.1, 0.15) is 19.4 Å². The van der Waals surface area contributed by atoms with Crippen molar-refractivity contribution < 1.29 is 4.74 Å². The Balaban J connectivity index is 2.56. The van der Waals surface area contributed by atoms with Crippen LogP contribution in [0.3, 0.4) is 0 Å². The summed E-state index contributed by atoms with van der Waals surface area (Å²) >= 11 is 0. The van der Waals surface area contributed by atoms with Gasteiger partial charge in [0.25, 0.3) is 0 Å². The third-order valence-electron chi connectivity index (χ3n) is 3.35. The summed E-state index contributed by atoms with van der Waals surface area (Å²) in [5, 5.41) is 12.0. The maximum absolute atomic E-state index is 8.57. The molecule has 1 aromatic carbocycles. The molecule has 0 amide bonds. The largest absolute Gasteiger partial charge is 0.478 e. The predicted octanol–water partition coefficient (Wildman–Crippen LogP) is 2.02. The number of likely N-dealkylation sites (N-methyl/N-ethyl adjacent to an activating group) is 1. The number of nitrogens with one attached hydrogen (secondary N) is 1. The first-order chi connectivity index (χ1) is 8.97. The van der Waals surface area contributed by atoms with E-state index in [1.165, 1.54) is 0 Å². The molecule has 104 valence electrons. The zero-order chi connectivity index (χ0) is 14.3. The van der Waals surface area contributed by atoms with Crippen LogP contribution in [0.15, 0.2) is 24.3 Å². The first-order valence-electron chi connectivity index (χ1n) is 6.43. The number of hydrogen-bond acceptors (Lipinski definition) is 4. The highest BCUT2D eigenvalue weighted by Gasteiger charge is 2.19. The van der Waals surface area contributed by atoms with Crippen LogP contribution < -0.4 is 10.1 Å². The van der Waals surface area contributed by atoms with Crippen LogP contribution in [0.5, 0.6) is 5.75 Å². The standard InChI is InChI=1S/C15H23N3O/c1-15(2,18(3)4)12-17-11-13-7-5-6-8-14(13)19-10-9-16/h5-8,17H,10-12H2,1-4H3. The number of nitrogens with zero attached hydrogens (tertiary/aromatic N) is 2. The van der Waals surface area contributed by atoms with Crippen LogP contribution in [0.2, 0.25) is 0 Å².